The molecule has 12 heteroatoms. The minimum atomic E-state index is -1.33. The fourth-order valence-corrected chi connectivity index (χ4v) is 9.88. The number of halogens is 1. The van der Waals surface area contributed by atoms with Crippen LogP contribution in [0.3, 0.4) is 0 Å². The lowest BCUT2D eigenvalue weighted by atomic mass is 9.86. The van der Waals surface area contributed by atoms with Gasteiger partial charge in [0.25, 0.3) is 5.91 Å². The smallest absolute Gasteiger partial charge is 0.253 e. The molecular formula is C47H56FN9O2. The number of nitrogen functional groups attached to an aromatic ring is 1. The Hall–Kier alpha value is -5.46. The quantitative estimate of drug-likeness (QED) is 0.146. The van der Waals surface area contributed by atoms with E-state index < -0.39 is 18.8 Å². The second kappa shape index (κ2) is 16.3. The second-order valence-electron chi connectivity index (χ2n) is 16.9. The largest absolute Gasteiger partial charge is 0.507 e. The summed E-state index contributed by atoms with van der Waals surface area (Å²) in [6.45, 7) is 7.19. The van der Waals surface area contributed by atoms with E-state index in [1.54, 1.807) is 18.2 Å². The van der Waals surface area contributed by atoms with Gasteiger partial charge in [0, 0.05) is 107 Å². The molecule has 4 N–H and O–H groups in total. The number of carbonyl (C=O) groups excluding carboxylic acids is 1. The van der Waals surface area contributed by atoms with Gasteiger partial charge in [0.15, 0.2) is 5.82 Å². The number of nitrogens with two attached hydrogens (primary N) is 1. The molecule has 0 bridgehead atoms. The average Bonchev–Trinajstić information content (AvgIpc) is 3.69. The van der Waals surface area contributed by atoms with E-state index in [1.807, 2.05) is 46.3 Å². The van der Waals surface area contributed by atoms with Crippen molar-refractivity contribution in [3.8, 4) is 17.0 Å². The van der Waals surface area contributed by atoms with Crippen molar-refractivity contribution >= 4 is 34.0 Å². The monoisotopic (exact) mass is 799 g/mol. The Morgan fingerprint density at radius 2 is 1.80 bits per heavy atom. The molecule has 3 aromatic carbocycles. The summed E-state index contributed by atoms with van der Waals surface area (Å²) in [6, 6.07) is 21.7. The van der Waals surface area contributed by atoms with Gasteiger partial charge in [0.1, 0.15) is 11.4 Å². The molecule has 11 nitrogen and oxygen atoms in total. The third kappa shape index (κ3) is 7.88. The van der Waals surface area contributed by atoms with Crippen LogP contribution in [0.4, 0.5) is 21.6 Å². The molecule has 1 amide bonds. The number of para-hydroxylation sites is 1. The van der Waals surface area contributed by atoms with Gasteiger partial charge in [-0.15, -0.1) is 10.2 Å². The van der Waals surface area contributed by atoms with Gasteiger partial charge in [-0.2, -0.15) is 0 Å². The van der Waals surface area contributed by atoms with Crippen LogP contribution in [0.25, 0.3) is 22.2 Å². The van der Waals surface area contributed by atoms with Gasteiger partial charge in [-0.1, -0.05) is 30.3 Å². The Balaban J connectivity index is 0.789. The Morgan fingerprint density at radius 3 is 2.58 bits per heavy atom. The summed E-state index contributed by atoms with van der Waals surface area (Å²) in [5, 5.41) is 23.0. The van der Waals surface area contributed by atoms with Crippen molar-refractivity contribution in [2.75, 3.05) is 74.5 Å². The van der Waals surface area contributed by atoms with Crippen LogP contribution < -0.4 is 20.9 Å². The van der Waals surface area contributed by atoms with E-state index in [0.717, 1.165) is 85.3 Å². The highest BCUT2D eigenvalue weighted by molar-refractivity contribution is 5.96. The molecule has 4 aliphatic heterocycles. The number of anilines is 3. The number of phenols is 1. The van der Waals surface area contributed by atoms with Gasteiger partial charge in [-0.25, -0.2) is 4.39 Å². The average molecular weight is 800 g/mol. The maximum Gasteiger partial charge on any atom is 0.253 e. The zero-order valence-corrected chi connectivity index (χ0v) is 34.0. The molecule has 59 heavy (non-hydrogen) atoms. The molecule has 3 fully saturated rings. The minimum absolute atomic E-state index is 0.0428. The lowest BCUT2D eigenvalue weighted by Gasteiger charge is -2.41. The lowest BCUT2D eigenvalue weighted by molar-refractivity contribution is 0.0158. The summed E-state index contributed by atoms with van der Waals surface area (Å²) < 4.78 is 35.3. The summed E-state index contributed by atoms with van der Waals surface area (Å²) >= 11 is 0. The number of carbonyl (C=O) groups is 1. The molecule has 9 rings (SSSR count). The van der Waals surface area contributed by atoms with Crippen LogP contribution >= 0.6 is 0 Å². The van der Waals surface area contributed by atoms with Crippen molar-refractivity contribution < 1.29 is 17.0 Å². The SMILES string of the molecule is [2H]C1C=CN(c2c(C)ccc3c2ccn3C2CCN(CC3(F)CCN(C(=O)c4ccc(C5CCCN(c6cc(-c7ccccc7O)nnc6N)C5)c(C)c4)CC3)CC2)[C@H]([2H])N1. The minimum Gasteiger partial charge on any atom is -0.507 e. The van der Waals surface area contributed by atoms with E-state index in [9.17, 15) is 9.90 Å². The summed E-state index contributed by atoms with van der Waals surface area (Å²) in [6.07, 6.45) is 10.2. The van der Waals surface area contributed by atoms with Gasteiger partial charge in [0.05, 0.1) is 30.6 Å². The molecular weight excluding hydrogens is 742 g/mol. The number of nitrogens with one attached hydrogen (secondary N) is 1. The predicted molar refractivity (Wildman–Crippen MR) is 234 cm³/mol. The van der Waals surface area contributed by atoms with Crippen LogP contribution in [-0.4, -0.2) is 100 Å². The molecule has 308 valence electrons. The van der Waals surface area contributed by atoms with Gasteiger partial charge in [-0.3, -0.25) is 10.1 Å². The summed E-state index contributed by atoms with van der Waals surface area (Å²) in [4.78, 5) is 22.0. The van der Waals surface area contributed by atoms with Crippen molar-refractivity contribution in [3.05, 3.63) is 107 Å². The van der Waals surface area contributed by atoms with Crippen molar-refractivity contribution in [2.45, 2.75) is 70.0 Å². The van der Waals surface area contributed by atoms with E-state index in [0.29, 0.717) is 61.2 Å². The number of aromatic hydroxyl groups is 1. The molecule has 0 aliphatic carbocycles. The fraction of sp³-hybridized carbons (Fsp3) is 0.426. The lowest BCUT2D eigenvalue weighted by Crippen LogP contribution is -2.51. The molecule has 0 saturated carbocycles. The van der Waals surface area contributed by atoms with Crippen LogP contribution in [0.15, 0.2) is 85.2 Å². The summed E-state index contributed by atoms with van der Waals surface area (Å²) in [5.74, 6) is 0.689. The van der Waals surface area contributed by atoms with Crippen molar-refractivity contribution in [1.82, 2.24) is 29.9 Å². The predicted octanol–water partition coefficient (Wildman–Crippen LogP) is 7.55. The molecule has 0 spiro atoms. The number of likely N-dealkylation sites (tertiary alicyclic amines) is 2. The second-order valence-corrected chi connectivity index (χ2v) is 16.9. The van der Waals surface area contributed by atoms with Crippen LogP contribution in [0.2, 0.25) is 0 Å². The topological polar surface area (TPSA) is 119 Å². The highest BCUT2D eigenvalue weighted by Gasteiger charge is 2.39. The number of aromatic nitrogens is 3. The highest BCUT2D eigenvalue weighted by Crippen LogP contribution is 2.39. The highest BCUT2D eigenvalue weighted by atomic mass is 19.1. The number of fused-ring (bicyclic) bond motifs is 1. The van der Waals surface area contributed by atoms with Gasteiger partial charge >= 0.3 is 0 Å². The van der Waals surface area contributed by atoms with Crippen molar-refractivity contribution in [1.29, 1.82) is 0 Å². The number of hydrogen-bond donors (Lipinski definition) is 3. The van der Waals surface area contributed by atoms with Crippen LogP contribution in [0.5, 0.6) is 5.75 Å². The van der Waals surface area contributed by atoms with E-state index in [2.05, 4.69) is 74.2 Å². The number of hydrogen-bond acceptors (Lipinski definition) is 9. The molecule has 6 heterocycles. The number of rotatable bonds is 8. The third-order valence-electron chi connectivity index (χ3n) is 13.1. The number of amides is 1. The molecule has 3 atom stereocenters. The first-order valence-electron chi connectivity index (χ1n) is 22.2. The third-order valence-corrected chi connectivity index (χ3v) is 13.1. The first kappa shape index (κ1) is 36.6. The Bertz CT molecular complexity index is 2440. The molecule has 2 aromatic heterocycles. The van der Waals surface area contributed by atoms with Crippen LogP contribution in [0, 0.1) is 13.8 Å². The number of benzene rings is 3. The van der Waals surface area contributed by atoms with Crippen LogP contribution in [0.1, 0.15) is 80.3 Å². The fourth-order valence-electron chi connectivity index (χ4n) is 9.88. The summed E-state index contributed by atoms with van der Waals surface area (Å²) in [5.41, 5.74) is 13.1. The van der Waals surface area contributed by atoms with Gasteiger partial charge in [-0.05, 0) is 98.7 Å². The molecule has 3 saturated heterocycles. The first-order valence-corrected chi connectivity index (χ1v) is 21.1. The molecule has 4 aliphatic rings. The number of nitrogens with zero attached hydrogens (tertiary/aromatic N) is 7. The van der Waals surface area contributed by atoms with E-state index in [4.69, 9.17) is 8.48 Å². The normalized spacial score (nSPS) is 23.4. The zero-order chi connectivity index (χ0) is 42.4. The van der Waals surface area contributed by atoms with E-state index in [1.165, 1.54) is 5.56 Å². The van der Waals surface area contributed by atoms with Crippen molar-refractivity contribution in [3.63, 3.8) is 0 Å². The van der Waals surface area contributed by atoms with Gasteiger partial charge in [0.2, 0.25) is 0 Å². The summed E-state index contributed by atoms with van der Waals surface area (Å²) in [7, 11) is 0. The molecule has 2 unspecified atom stereocenters. The zero-order valence-electron chi connectivity index (χ0n) is 36.0. The first-order chi connectivity index (χ1) is 29.4. The maximum absolute atomic E-state index is 16.5. The number of piperidine rings is 3. The Labute approximate surface area is 349 Å². The van der Waals surface area contributed by atoms with Crippen LogP contribution in [-0.2, 0) is 0 Å². The van der Waals surface area contributed by atoms with E-state index >= 15 is 4.39 Å². The molecule has 5 aromatic rings. The molecule has 0 radical (unpaired) electrons. The Kier molecular flexibility index (Phi) is 10.1. The standard InChI is InChI=1S/C47H56FN9O2/c1-32-10-13-41-39(44(32)56-21-6-19-50-31-56)16-24-57(41)36-14-22-53(23-15-36)30-47(48)17-25-54(26-18-47)46(59)34-11-12-37(33(2)27-34)35-7-5-20-55(29-35)42-28-40(51-52-45(42)49)38-8-3-4-9-43(38)58/h3-4,6,8-13,16,21,24,27-28,35-36,50,58H,5,7,14-15,17-20,22-23,25-26,29-31H2,1-2H3,(H2,49,52)/i19D,31D/t19?,31-,35?/m1/s1. The maximum atomic E-state index is 16.5. The van der Waals surface area contributed by atoms with E-state index in [-0.39, 0.29) is 17.6 Å². The Morgan fingerprint density at radius 1 is 0.983 bits per heavy atom. The van der Waals surface area contributed by atoms with Crippen molar-refractivity contribution in [2.24, 2.45) is 0 Å². The van der Waals surface area contributed by atoms with Gasteiger partial charge < -0.3 is 35.0 Å². The number of aryl methyl sites for hydroxylation is 2. The number of phenolic OH excluding ortho intramolecular Hbond substituents is 1. The number of alkyl halides is 1.